The molecule has 0 heterocycles. The molecule has 0 aromatic heterocycles. The number of allylic oxidation sites excluding steroid dienone is 3. The van der Waals surface area contributed by atoms with Crippen LogP contribution in [-0.2, 0) is 9.53 Å². The lowest BCUT2D eigenvalue weighted by molar-refractivity contribution is -0.170. The van der Waals surface area contributed by atoms with Crippen molar-refractivity contribution in [2.24, 2.45) is 44.3 Å². The Bertz CT molecular complexity index is 1000. The first-order chi connectivity index (χ1) is 16.5. The molecule has 0 amide bonds. The van der Waals surface area contributed by atoms with Crippen LogP contribution in [0.15, 0.2) is 23.3 Å². The van der Waals surface area contributed by atoms with Gasteiger partial charge in [-0.05, 0) is 116 Å². The lowest BCUT2D eigenvalue weighted by Crippen LogP contribution is -2.61. The second-order valence-corrected chi connectivity index (χ2v) is 15.9. The van der Waals surface area contributed by atoms with E-state index in [1.54, 1.807) is 6.92 Å². The molecule has 3 saturated carbocycles. The van der Waals surface area contributed by atoms with Crippen LogP contribution in [0.5, 0.6) is 0 Å². The summed E-state index contributed by atoms with van der Waals surface area (Å²) in [4.78, 5) is 11.9. The van der Waals surface area contributed by atoms with Crippen LogP contribution in [0.1, 0.15) is 133 Å². The molecule has 2 nitrogen and oxygen atoms in total. The third-order valence-corrected chi connectivity index (χ3v) is 14.0. The van der Waals surface area contributed by atoms with Crippen molar-refractivity contribution >= 4 is 5.97 Å². The van der Waals surface area contributed by atoms with Gasteiger partial charge in [-0.25, -0.2) is 0 Å². The van der Waals surface area contributed by atoms with Crippen LogP contribution < -0.4 is 0 Å². The Balaban J connectivity index is 1.54. The number of esters is 1. The molecule has 0 radical (unpaired) electrons. The summed E-state index contributed by atoms with van der Waals surface area (Å²) in [6.07, 6.45) is 14.1. The van der Waals surface area contributed by atoms with Crippen LogP contribution in [0, 0.1) is 44.3 Å². The Hall–Kier alpha value is -1.05. The number of hydrogen-bond acceptors (Lipinski definition) is 2. The largest absolute Gasteiger partial charge is 0.462 e. The quantitative estimate of drug-likeness (QED) is 0.282. The molecule has 8 atom stereocenters. The van der Waals surface area contributed by atoms with Crippen molar-refractivity contribution in [2.45, 2.75) is 139 Å². The maximum Gasteiger partial charge on any atom is 0.302 e. The van der Waals surface area contributed by atoms with E-state index in [9.17, 15) is 4.79 Å². The zero-order chi connectivity index (χ0) is 26.5. The Kier molecular flexibility index (Phi) is 5.89. The van der Waals surface area contributed by atoms with E-state index in [0.29, 0.717) is 27.6 Å². The summed E-state index contributed by atoms with van der Waals surface area (Å²) in [5.41, 5.74) is 6.81. The van der Waals surface area contributed by atoms with Crippen LogP contribution >= 0.6 is 0 Å². The van der Waals surface area contributed by atoms with E-state index in [-0.39, 0.29) is 22.9 Å². The van der Waals surface area contributed by atoms with Crippen molar-refractivity contribution in [1.29, 1.82) is 0 Å². The van der Waals surface area contributed by atoms with E-state index in [1.807, 2.05) is 11.1 Å². The van der Waals surface area contributed by atoms with E-state index < -0.39 is 0 Å². The number of carbonyl (C=O) groups is 1. The van der Waals surface area contributed by atoms with Gasteiger partial charge in [0.15, 0.2) is 0 Å². The highest BCUT2D eigenvalue weighted by atomic mass is 16.5. The van der Waals surface area contributed by atoms with Gasteiger partial charge in [0.1, 0.15) is 6.10 Å². The van der Waals surface area contributed by atoms with Gasteiger partial charge in [-0.2, -0.15) is 0 Å². The molecule has 0 bridgehead atoms. The molecule has 0 spiro atoms. The van der Waals surface area contributed by atoms with Gasteiger partial charge < -0.3 is 4.74 Å². The molecular formula is C34H54O2. The Morgan fingerprint density at radius 1 is 0.806 bits per heavy atom. The van der Waals surface area contributed by atoms with Crippen LogP contribution in [0.2, 0.25) is 0 Å². The van der Waals surface area contributed by atoms with Crippen molar-refractivity contribution in [1.82, 2.24) is 0 Å². The van der Waals surface area contributed by atoms with Gasteiger partial charge in [0.25, 0.3) is 0 Å². The molecule has 202 valence electrons. The zero-order valence-corrected chi connectivity index (χ0v) is 25.0. The van der Waals surface area contributed by atoms with E-state index in [4.69, 9.17) is 4.74 Å². The molecule has 2 heteroatoms. The number of ether oxygens (including phenoxy) is 1. The van der Waals surface area contributed by atoms with Gasteiger partial charge in [-0.3, -0.25) is 4.79 Å². The summed E-state index contributed by atoms with van der Waals surface area (Å²) in [5, 5.41) is 0. The lowest BCUT2D eigenvalue weighted by Gasteiger charge is -2.70. The number of rotatable bonds is 2. The predicted octanol–water partition coefficient (Wildman–Crippen LogP) is 9.44. The summed E-state index contributed by atoms with van der Waals surface area (Å²) >= 11 is 0. The molecule has 3 fully saturated rings. The third-order valence-electron chi connectivity index (χ3n) is 14.0. The maximum atomic E-state index is 11.9. The zero-order valence-electron chi connectivity index (χ0n) is 25.0. The average molecular weight is 495 g/mol. The van der Waals surface area contributed by atoms with Crippen LogP contribution in [-0.4, -0.2) is 12.1 Å². The summed E-state index contributed by atoms with van der Waals surface area (Å²) in [7, 11) is 0. The normalized spacial score (nSPS) is 49.8. The average Bonchev–Trinajstić information content (AvgIpc) is 2.78. The molecule has 36 heavy (non-hydrogen) atoms. The van der Waals surface area contributed by atoms with Crippen LogP contribution in [0.4, 0.5) is 0 Å². The third kappa shape index (κ3) is 3.37. The summed E-state index contributed by atoms with van der Waals surface area (Å²) < 4.78 is 5.91. The molecule has 5 aliphatic carbocycles. The second-order valence-electron chi connectivity index (χ2n) is 15.9. The molecule has 0 aromatic carbocycles. The predicted molar refractivity (Wildman–Crippen MR) is 149 cm³/mol. The van der Waals surface area contributed by atoms with Crippen molar-refractivity contribution in [3.05, 3.63) is 23.3 Å². The highest BCUT2D eigenvalue weighted by Crippen LogP contribution is 2.75. The van der Waals surface area contributed by atoms with Gasteiger partial charge >= 0.3 is 5.97 Å². The number of fused-ring (bicyclic) bond motifs is 6. The molecule has 5 aliphatic rings. The van der Waals surface area contributed by atoms with Gasteiger partial charge in [0.2, 0.25) is 0 Å². The molecule has 0 saturated heterocycles. The molecule has 8 unspecified atom stereocenters. The Morgan fingerprint density at radius 3 is 2.11 bits per heavy atom. The van der Waals surface area contributed by atoms with Crippen LogP contribution in [0.3, 0.4) is 0 Å². The van der Waals surface area contributed by atoms with E-state index in [0.717, 1.165) is 12.3 Å². The maximum absolute atomic E-state index is 11.9. The van der Waals surface area contributed by atoms with Gasteiger partial charge in [0, 0.05) is 12.3 Å². The second kappa shape index (κ2) is 7.98. The van der Waals surface area contributed by atoms with E-state index in [1.165, 1.54) is 69.8 Å². The summed E-state index contributed by atoms with van der Waals surface area (Å²) in [6, 6.07) is 0. The minimum absolute atomic E-state index is 0.0245. The van der Waals surface area contributed by atoms with Gasteiger partial charge in [-0.1, -0.05) is 71.8 Å². The van der Waals surface area contributed by atoms with Crippen molar-refractivity contribution in [3.63, 3.8) is 0 Å². The SMILES string of the molecule is C=C(C)C1(C)CCC2(C)CCC3(C)C4=C(CCC3(C)C2C1)C1(C)CCC(OC(C)=O)C(C)(C)C1CC4. The topological polar surface area (TPSA) is 26.3 Å². The standard InChI is InChI=1S/C34H54O2/c1-22(2)31(7)18-17-30(6)19-20-33(9)25-11-12-26-29(4,5)28(36-23(3)35)14-15-32(26,8)24(25)13-16-34(33,10)27(30)21-31/h26-28H,1,11-21H2,2-10H3. The smallest absolute Gasteiger partial charge is 0.302 e. The molecule has 0 aliphatic heterocycles. The van der Waals surface area contributed by atoms with E-state index in [2.05, 4.69) is 62.0 Å². The molecule has 0 aromatic rings. The highest BCUT2D eigenvalue weighted by molar-refractivity contribution is 5.66. The Labute approximate surface area is 222 Å². The van der Waals surface area contributed by atoms with Gasteiger partial charge in [0.05, 0.1) is 0 Å². The molecular weight excluding hydrogens is 440 g/mol. The first-order valence-corrected chi connectivity index (χ1v) is 15.1. The fourth-order valence-corrected chi connectivity index (χ4v) is 11.1. The van der Waals surface area contributed by atoms with Crippen molar-refractivity contribution in [3.8, 4) is 0 Å². The highest BCUT2D eigenvalue weighted by Gasteiger charge is 2.66. The Morgan fingerprint density at radius 2 is 1.47 bits per heavy atom. The monoisotopic (exact) mass is 494 g/mol. The van der Waals surface area contributed by atoms with E-state index >= 15 is 0 Å². The summed E-state index contributed by atoms with van der Waals surface area (Å²) in [5.74, 6) is 1.24. The van der Waals surface area contributed by atoms with Gasteiger partial charge in [-0.15, -0.1) is 0 Å². The number of hydrogen-bond donors (Lipinski definition) is 0. The summed E-state index contributed by atoms with van der Waals surface area (Å²) in [6.45, 7) is 26.2. The number of carbonyl (C=O) groups excluding carboxylic acids is 1. The first kappa shape index (κ1) is 26.6. The minimum Gasteiger partial charge on any atom is -0.462 e. The fourth-order valence-electron chi connectivity index (χ4n) is 11.1. The fraction of sp³-hybridized carbons (Fsp3) is 0.853. The molecule has 0 N–H and O–H groups in total. The van der Waals surface area contributed by atoms with Crippen molar-refractivity contribution in [2.75, 3.05) is 0 Å². The van der Waals surface area contributed by atoms with Crippen molar-refractivity contribution < 1.29 is 9.53 Å². The minimum atomic E-state index is -0.118. The van der Waals surface area contributed by atoms with Crippen LogP contribution in [0.25, 0.3) is 0 Å². The lowest BCUT2D eigenvalue weighted by atomic mass is 9.35. The molecule has 5 rings (SSSR count). The first-order valence-electron chi connectivity index (χ1n) is 15.1.